The number of hydrogen-bond acceptors (Lipinski definition) is 3. The summed E-state index contributed by atoms with van der Waals surface area (Å²) in [7, 11) is 0. The van der Waals surface area contributed by atoms with Gasteiger partial charge in [-0.3, -0.25) is 10.1 Å². The molecule has 4 heteroatoms. The summed E-state index contributed by atoms with van der Waals surface area (Å²) < 4.78 is 0. The van der Waals surface area contributed by atoms with Crippen molar-refractivity contribution in [3.63, 3.8) is 0 Å². The van der Waals surface area contributed by atoms with Crippen molar-refractivity contribution in [2.75, 3.05) is 0 Å². The Hall–Kier alpha value is -1.71. The standard InChI is InChI=1S/C8H8N2O2/c1-6(2)8-7(10(11)12)4-3-5-9-8/h3-5H,1H2,2H3. The number of aromatic nitrogens is 1. The van der Waals surface area contributed by atoms with Gasteiger partial charge in [0.2, 0.25) is 0 Å². The minimum atomic E-state index is -0.461. The SMILES string of the molecule is C=C(C)c1ncccc1[N+](=O)[O-]. The van der Waals surface area contributed by atoms with Crippen molar-refractivity contribution < 1.29 is 4.92 Å². The fourth-order valence-electron chi connectivity index (χ4n) is 0.873. The molecule has 0 bridgehead atoms. The zero-order chi connectivity index (χ0) is 9.14. The molecule has 1 aromatic rings. The van der Waals surface area contributed by atoms with Crippen LogP contribution in [-0.4, -0.2) is 9.91 Å². The molecule has 0 radical (unpaired) electrons. The molecular weight excluding hydrogens is 156 g/mol. The highest BCUT2D eigenvalue weighted by Gasteiger charge is 2.13. The third-order valence-electron chi connectivity index (χ3n) is 1.39. The number of pyridine rings is 1. The normalized spacial score (nSPS) is 9.42. The maximum absolute atomic E-state index is 10.5. The van der Waals surface area contributed by atoms with E-state index in [-0.39, 0.29) is 5.69 Å². The number of rotatable bonds is 2. The lowest BCUT2D eigenvalue weighted by atomic mass is 10.2. The molecule has 0 N–H and O–H groups in total. The first-order chi connectivity index (χ1) is 5.63. The largest absolute Gasteiger partial charge is 0.295 e. The van der Waals surface area contributed by atoms with Crippen LogP contribution >= 0.6 is 0 Å². The van der Waals surface area contributed by atoms with Gasteiger partial charge in [0.25, 0.3) is 5.69 Å². The molecule has 12 heavy (non-hydrogen) atoms. The van der Waals surface area contributed by atoms with Crippen LogP contribution in [0.4, 0.5) is 5.69 Å². The second kappa shape index (κ2) is 3.13. The van der Waals surface area contributed by atoms with Crippen molar-refractivity contribution in [2.45, 2.75) is 6.92 Å². The lowest BCUT2D eigenvalue weighted by molar-refractivity contribution is -0.385. The molecule has 0 aliphatic heterocycles. The Morgan fingerprint density at radius 2 is 2.42 bits per heavy atom. The van der Waals surface area contributed by atoms with Crippen LogP contribution < -0.4 is 0 Å². The predicted octanol–water partition coefficient (Wildman–Crippen LogP) is 2.02. The van der Waals surface area contributed by atoms with E-state index in [2.05, 4.69) is 11.6 Å². The Labute approximate surface area is 69.7 Å². The van der Waals surface area contributed by atoms with E-state index in [1.54, 1.807) is 6.92 Å². The van der Waals surface area contributed by atoms with Gasteiger partial charge in [0.1, 0.15) is 5.69 Å². The van der Waals surface area contributed by atoms with Crippen LogP contribution in [0, 0.1) is 10.1 Å². The van der Waals surface area contributed by atoms with Gasteiger partial charge in [0.05, 0.1) is 4.92 Å². The summed E-state index contributed by atoms with van der Waals surface area (Å²) in [6, 6.07) is 2.95. The molecule has 62 valence electrons. The summed E-state index contributed by atoms with van der Waals surface area (Å²) in [6.45, 7) is 5.29. The molecule has 0 aliphatic rings. The fraction of sp³-hybridized carbons (Fsp3) is 0.125. The smallest absolute Gasteiger partial charge is 0.258 e. The van der Waals surface area contributed by atoms with Gasteiger partial charge < -0.3 is 0 Å². The molecule has 0 spiro atoms. The molecule has 4 nitrogen and oxygen atoms in total. The van der Waals surface area contributed by atoms with Crippen molar-refractivity contribution in [3.8, 4) is 0 Å². The van der Waals surface area contributed by atoms with E-state index in [0.717, 1.165) is 0 Å². The molecule has 1 aromatic heterocycles. The molecular formula is C8H8N2O2. The second-order valence-corrected chi connectivity index (χ2v) is 2.41. The van der Waals surface area contributed by atoms with Crippen molar-refractivity contribution in [3.05, 3.63) is 40.7 Å². The lowest BCUT2D eigenvalue weighted by Gasteiger charge is -1.98. The molecule has 0 fully saturated rings. The number of hydrogen-bond donors (Lipinski definition) is 0. The number of allylic oxidation sites excluding steroid dienone is 1. The summed E-state index contributed by atoms with van der Waals surface area (Å²) in [5.74, 6) is 0. The zero-order valence-corrected chi connectivity index (χ0v) is 6.65. The van der Waals surface area contributed by atoms with Gasteiger partial charge in [-0.25, -0.2) is 4.98 Å². The van der Waals surface area contributed by atoms with E-state index < -0.39 is 4.92 Å². The summed E-state index contributed by atoms with van der Waals surface area (Å²) >= 11 is 0. The second-order valence-electron chi connectivity index (χ2n) is 2.41. The van der Waals surface area contributed by atoms with Gasteiger partial charge in [-0.05, 0) is 18.6 Å². The first-order valence-electron chi connectivity index (χ1n) is 3.38. The molecule has 0 aromatic carbocycles. The average molecular weight is 164 g/mol. The minimum absolute atomic E-state index is 0.00463. The Morgan fingerprint density at radius 3 is 2.83 bits per heavy atom. The molecule has 1 heterocycles. The first-order valence-corrected chi connectivity index (χ1v) is 3.38. The Morgan fingerprint density at radius 1 is 1.75 bits per heavy atom. The predicted molar refractivity (Wildman–Crippen MR) is 45.6 cm³/mol. The van der Waals surface area contributed by atoms with Crippen molar-refractivity contribution in [1.29, 1.82) is 0 Å². The first kappa shape index (κ1) is 8.39. The number of nitrogens with zero attached hydrogens (tertiary/aromatic N) is 2. The van der Waals surface area contributed by atoms with Crippen LogP contribution in [0.25, 0.3) is 5.57 Å². The van der Waals surface area contributed by atoms with E-state index in [9.17, 15) is 10.1 Å². The van der Waals surface area contributed by atoms with Gasteiger partial charge >= 0.3 is 0 Å². The van der Waals surface area contributed by atoms with Crippen LogP contribution in [0.2, 0.25) is 0 Å². The Bertz CT molecular complexity index is 301. The Kier molecular flexibility index (Phi) is 2.19. The van der Waals surface area contributed by atoms with Crippen LogP contribution in [0.1, 0.15) is 12.6 Å². The molecule has 0 amide bonds. The monoisotopic (exact) mass is 164 g/mol. The molecule has 0 saturated heterocycles. The van der Waals surface area contributed by atoms with Crippen molar-refractivity contribution in [1.82, 2.24) is 4.98 Å². The zero-order valence-electron chi connectivity index (χ0n) is 6.65. The highest BCUT2D eigenvalue weighted by Crippen LogP contribution is 2.20. The number of nitro groups is 1. The summed E-state index contributed by atoms with van der Waals surface area (Å²) in [4.78, 5) is 13.8. The summed E-state index contributed by atoms with van der Waals surface area (Å²) in [5.41, 5.74) is 0.954. The van der Waals surface area contributed by atoms with Gasteiger partial charge in [0, 0.05) is 12.3 Å². The quantitative estimate of drug-likeness (QED) is 0.496. The Balaban J connectivity index is 3.27. The summed E-state index contributed by atoms with van der Waals surface area (Å²) in [5, 5.41) is 10.5. The van der Waals surface area contributed by atoms with Gasteiger partial charge in [0.15, 0.2) is 0 Å². The van der Waals surface area contributed by atoms with E-state index in [0.29, 0.717) is 11.3 Å². The lowest BCUT2D eigenvalue weighted by Crippen LogP contribution is -1.95. The van der Waals surface area contributed by atoms with E-state index in [4.69, 9.17) is 0 Å². The van der Waals surface area contributed by atoms with Crippen molar-refractivity contribution >= 4 is 11.3 Å². The maximum Gasteiger partial charge on any atom is 0.295 e. The third-order valence-corrected chi connectivity index (χ3v) is 1.39. The molecule has 0 aliphatic carbocycles. The van der Waals surface area contributed by atoms with Gasteiger partial charge in [-0.2, -0.15) is 0 Å². The third kappa shape index (κ3) is 1.47. The molecule has 0 unspecified atom stereocenters. The van der Waals surface area contributed by atoms with Crippen LogP contribution in [0.5, 0.6) is 0 Å². The van der Waals surface area contributed by atoms with E-state index in [1.165, 1.54) is 18.3 Å². The highest BCUT2D eigenvalue weighted by atomic mass is 16.6. The fourth-order valence-corrected chi connectivity index (χ4v) is 0.873. The topological polar surface area (TPSA) is 56.0 Å². The maximum atomic E-state index is 10.5. The van der Waals surface area contributed by atoms with Gasteiger partial charge in [-0.1, -0.05) is 6.58 Å². The van der Waals surface area contributed by atoms with Crippen molar-refractivity contribution in [2.24, 2.45) is 0 Å². The minimum Gasteiger partial charge on any atom is -0.258 e. The van der Waals surface area contributed by atoms with E-state index in [1.807, 2.05) is 0 Å². The van der Waals surface area contributed by atoms with Crippen LogP contribution in [0.3, 0.4) is 0 Å². The summed E-state index contributed by atoms with van der Waals surface area (Å²) in [6.07, 6.45) is 1.51. The highest BCUT2D eigenvalue weighted by molar-refractivity contribution is 5.65. The average Bonchev–Trinajstić information content (AvgIpc) is 2.04. The van der Waals surface area contributed by atoms with Crippen LogP contribution in [-0.2, 0) is 0 Å². The molecule has 1 rings (SSSR count). The van der Waals surface area contributed by atoms with Gasteiger partial charge in [-0.15, -0.1) is 0 Å². The molecule has 0 atom stereocenters. The molecule has 0 saturated carbocycles. The van der Waals surface area contributed by atoms with E-state index >= 15 is 0 Å². The van der Waals surface area contributed by atoms with Crippen LogP contribution in [0.15, 0.2) is 24.9 Å².